The van der Waals surface area contributed by atoms with E-state index in [0.717, 1.165) is 22.2 Å². The van der Waals surface area contributed by atoms with Gasteiger partial charge in [-0.15, -0.1) is 0 Å². The molecular formula is C15H19N3OS. The predicted octanol–water partition coefficient (Wildman–Crippen LogP) is 3.16. The van der Waals surface area contributed by atoms with Crippen LogP contribution in [-0.2, 0) is 11.8 Å². The minimum absolute atomic E-state index is 0.0404. The highest BCUT2D eigenvalue weighted by atomic mass is 32.2. The molecule has 0 atom stereocenters. The van der Waals surface area contributed by atoms with Crippen molar-refractivity contribution in [3.63, 3.8) is 0 Å². The third kappa shape index (κ3) is 3.87. The molecule has 106 valence electrons. The third-order valence-electron chi connectivity index (χ3n) is 2.99. The maximum absolute atomic E-state index is 11.9. The molecular weight excluding hydrogens is 270 g/mol. The van der Waals surface area contributed by atoms with Gasteiger partial charge in [0.1, 0.15) is 0 Å². The number of thioether (sulfide) groups is 1. The van der Waals surface area contributed by atoms with Gasteiger partial charge in [0.25, 0.3) is 0 Å². The van der Waals surface area contributed by atoms with Gasteiger partial charge in [-0.1, -0.05) is 29.5 Å². The first-order chi connectivity index (χ1) is 9.56. The lowest BCUT2D eigenvalue weighted by molar-refractivity contribution is -0.115. The van der Waals surface area contributed by atoms with Crippen LogP contribution in [-0.4, -0.2) is 21.2 Å². The van der Waals surface area contributed by atoms with E-state index in [1.165, 1.54) is 5.56 Å². The van der Waals surface area contributed by atoms with Crippen molar-refractivity contribution in [3.8, 4) is 0 Å². The van der Waals surface area contributed by atoms with Crippen LogP contribution in [0.5, 0.6) is 0 Å². The first-order valence-corrected chi connectivity index (χ1v) is 7.52. The van der Waals surface area contributed by atoms with Crippen LogP contribution in [0.25, 0.3) is 0 Å². The van der Waals surface area contributed by atoms with Crippen LogP contribution < -0.4 is 5.32 Å². The quantitative estimate of drug-likeness (QED) is 0.860. The summed E-state index contributed by atoms with van der Waals surface area (Å²) in [6, 6.07) is 6.03. The second kappa shape index (κ2) is 6.61. The van der Waals surface area contributed by atoms with Gasteiger partial charge < -0.3 is 9.88 Å². The maximum Gasteiger partial charge on any atom is 0.225 e. The van der Waals surface area contributed by atoms with Crippen LogP contribution in [0.15, 0.2) is 35.7 Å². The highest BCUT2D eigenvalue weighted by Gasteiger charge is 2.06. The highest BCUT2D eigenvalue weighted by Crippen LogP contribution is 2.18. The zero-order valence-electron chi connectivity index (χ0n) is 12.0. The van der Waals surface area contributed by atoms with E-state index in [1.54, 1.807) is 18.0 Å². The minimum Gasteiger partial charge on any atom is -0.329 e. The molecule has 0 unspecified atom stereocenters. The molecule has 0 bridgehead atoms. The van der Waals surface area contributed by atoms with Crippen LogP contribution in [0, 0.1) is 13.8 Å². The van der Waals surface area contributed by atoms with E-state index in [2.05, 4.69) is 16.4 Å². The predicted molar refractivity (Wildman–Crippen MR) is 83.1 cm³/mol. The molecule has 1 aromatic heterocycles. The third-order valence-corrected chi connectivity index (χ3v) is 4.05. The molecule has 0 aliphatic carbocycles. The molecule has 0 spiro atoms. The number of hydrogen-bond acceptors (Lipinski definition) is 3. The summed E-state index contributed by atoms with van der Waals surface area (Å²) < 4.78 is 1.95. The highest BCUT2D eigenvalue weighted by molar-refractivity contribution is 7.99. The van der Waals surface area contributed by atoms with Gasteiger partial charge in [0, 0.05) is 37.3 Å². The largest absolute Gasteiger partial charge is 0.329 e. The smallest absolute Gasteiger partial charge is 0.225 e. The van der Waals surface area contributed by atoms with Crippen molar-refractivity contribution in [2.45, 2.75) is 25.4 Å². The minimum atomic E-state index is 0.0404. The van der Waals surface area contributed by atoms with Crippen molar-refractivity contribution in [3.05, 3.63) is 41.7 Å². The number of aromatic nitrogens is 2. The topological polar surface area (TPSA) is 46.9 Å². The fourth-order valence-corrected chi connectivity index (χ4v) is 2.76. The molecule has 0 aliphatic heterocycles. The van der Waals surface area contributed by atoms with Crippen molar-refractivity contribution < 1.29 is 4.79 Å². The lowest BCUT2D eigenvalue weighted by Crippen LogP contribution is -2.13. The Kier molecular flexibility index (Phi) is 4.84. The molecule has 0 saturated heterocycles. The molecule has 2 aromatic rings. The Morgan fingerprint density at radius 2 is 2.20 bits per heavy atom. The maximum atomic E-state index is 11.9. The van der Waals surface area contributed by atoms with E-state index < -0.39 is 0 Å². The fourth-order valence-electron chi connectivity index (χ4n) is 1.89. The summed E-state index contributed by atoms with van der Waals surface area (Å²) in [5.41, 5.74) is 3.18. The number of aryl methyl sites for hydroxylation is 3. The molecule has 1 N–H and O–H groups in total. The van der Waals surface area contributed by atoms with Crippen LogP contribution in [0.4, 0.5) is 5.69 Å². The van der Waals surface area contributed by atoms with E-state index in [1.807, 2.05) is 43.8 Å². The van der Waals surface area contributed by atoms with Crippen molar-refractivity contribution in [1.29, 1.82) is 0 Å². The summed E-state index contributed by atoms with van der Waals surface area (Å²) in [4.78, 5) is 16.1. The Morgan fingerprint density at radius 3 is 2.85 bits per heavy atom. The molecule has 2 rings (SSSR count). The molecule has 4 nitrogen and oxygen atoms in total. The van der Waals surface area contributed by atoms with Crippen molar-refractivity contribution in [1.82, 2.24) is 9.55 Å². The Morgan fingerprint density at radius 1 is 1.40 bits per heavy atom. The second-order valence-corrected chi connectivity index (χ2v) is 5.85. The number of hydrogen-bond donors (Lipinski definition) is 1. The molecule has 0 radical (unpaired) electrons. The summed E-state index contributed by atoms with van der Waals surface area (Å²) in [7, 11) is 1.95. The number of nitrogens with zero attached hydrogens (tertiary/aromatic N) is 2. The Hall–Kier alpha value is -1.75. The van der Waals surface area contributed by atoms with Crippen LogP contribution in [0.3, 0.4) is 0 Å². The molecule has 1 aromatic carbocycles. The zero-order chi connectivity index (χ0) is 14.5. The normalized spacial score (nSPS) is 10.6. The number of amides is 1. The molecule has 1 amide bonds. The molecule has 0 fully saturated rings. The summed E-state index contributed by atoms with van der Waals surface area (Å²) in [6.07, 6.45) is 4.14. The summed E-state index contributed by atoms with van der Waals surface area (Å²) in [5.74, 6) is 0.764. The van der Waals surface area contributed by atoms with Crippen LogP contribution >= 0.6 is 11.8 Å². The number of carbonyl (C=O) groups excluding carboxylic acids is 1. The van der Waals surface area contributed by atoms with Gasteiger partial charge in [-0.05, 0) is 25.5 Å². The van der Waals surface area contributed by atoms with E-state index in [9.17, 15) is 4.79 Å². The van der Waals surface area contributed by atoms with E-state index in [4.69, 9.17) is 0 Å². The first kappa shape index (κ1) is 14.7. The Balaban J connectivity index is 1.82. The Labute approximate surface area is 123 Å². The van der Waals surface area contributed by atoms with E-state index >= 15 is 0 Å². The summed E-state index contributed by atoms with van der Waals surface area (Å²) in [6.45, 7) is 4.05. The fraction of sp³-hybridized carbons (Fsp3) is 0.333. The van der Waals surface area contributed by atoms with Gasteiger partial charge in [-0.25, -0.2) is 4.98 Å². The van der Waals surface area contributed by atoms with Crippen LogP contribution in [0.2, 0.25) is 0 Å². The van der Waals surface area contributed by atoms with Crippen molar-refractivity contribution in [2.24, 2.45) is 7.05 Å². The van der Waals surface area contributed by atoms with Gasteiger partial charge >= 0.3 is 0 Å². The van der Waals surface area contributed by atoms with Gasteiger partial charge in [0.05, 0.1) is 0 Å². The molecule has 0 aliphatic rings. The molecule has 5 heteroatoms. The van der Waals surface area contributed by atoms with E-state index in [0.29, 0.717) is 6.42 Å². The number of carbonyl (C=O) groups is 1. The molecule has 1 heterocycles. The van der Waals surface area contributed by atoms with Crippen molar-refractivity contribution >= 4 is 23.4 Å². The number of rotatable bonds is 5. The lowest BCUT2D eigenvalue weighted by Gasteiger charge is -2.09. The molecule has 20 heavy (non-hydrogen) atoms. The standard InChI is InChI=1S/C15H19N3OS/c1-11-4-5-13(12(2)10-11)17-14(19)6-9-20-15-16-7-8-18(15)3/h4-5,7-8,10H,6,9H2,1-3H3,(H,17,19). The summed E-state index contributed by atoms with van der Waals surface area (Å²) in [5, 5.41) is 3.89. The number of anilines is 1. The van der Waals surface area contributed by atoms with Crippen LogP contribution in [0.1, 0.15) is 17.5 Å². The van der Waals surface area contributed by atoms with Gasteiger partial charge in [0.15, 0.2) is 5.16 Å². The average Bonchev–Trinajstić information content (AvgIpc) is 2.79. The Bertz CT molecular complexity index is 607. The van der Waals surface area contributed by atoms with Gasteiger partial charge in [-0.3, -0.25) is 4.79 Å². The van der Waals surface area contributed by atoms with Gasteiger partial charge in [-0.2, -0.15) is 0 Å². The molecule has 0 saturated carbocycles. The average molecular weight is 289 g/mol. The number of nitrogens with one attached hydrogen (secondary N) is 1. The summed E-state index contributed by atoms with van der Waals surface area (Å²) >= 11 is 1.59. The monoisotopic (exact) mass is 289 g/mol. The number of imidazole rings is 1. The van der Waals surface area contributed by atoms with E-state index in [-0.39, 0.29) is 5.91 Å². The SMILES string of the molecule is Cc1ccc(NC(=O)CCSc2nccn2C)c(C)c1. The van der Waals surface area contributed by atoms with Gasteiger partial charge in [0.2, 0.25) is 5.91 Å². The lowest BCUT2D eigenvalue weighted by atomic mass is 10.1. The first-order valence-electron chi connectivity index (χ1n) is 6.53. The van der Waals surface area contributed by atoms with Crippen molar-refractivity contribution in [2.75, 3.05) is 11.1 Å². The number of benzene rings is 1. The zero-order valence-corrected chi connectivity index (χ0v) is 12.8. The second-order valence-electron chi connectivity index (χ2n) is 4.79.